The van der Waals surface area contributed by atoms with E-state index in [0.29, 0.717) is 19.6 Å². The second kappa shape index (κ2) is 4.66. The molecule has 0 saturated heterocycles. The van der Waals surface area contributed by atoms with E-state index in [-0.39, 0.29) is 5.91 Å². The van der Waals surface area contributed by atoms with Crippen molar-refractivity contribution in [3.05, 3.63) is 24.3 Å². The summed E-state index contributed by atoms with van der Waals surface area (Å²) in [5.74, 6) is 0.920. The number of hydrogen-bond donors (Lipinski definition) is 0. The van der Waals surface area contributed by atoms with Crippen molar-refractivity contribution in [2.24, 2.45) is 0 Å². The molecule has 0 saturated carbocycles. The molecule has 1 aromatic carbocycles. The van der Waals surface area contributed by atoms with Crippen LogP contribution in [0.25, 0.3) is 0 Å². The summed E-state index contributed by atoms with van der Waals surface area (Å²) in [4.78, 5) is 13.6. The average Bonchev–Trinajstić information content (AvgIpc) is 2.40. The minimum Gasteiger partial charge on any atom is -0.491 e. The Balaban J connectivity index is 2.38. The number of benzene rings is 1. The van der Waals surface area contributed by atoms with Crippen LogP contribution in [0.1, 0.15) is 6.42 Å². The number of rotatable bonds is 2. The van der Waals surface area contributed by atoms with Crippen LogP contribution in [-0.2, 0) is 4.79 Å². The summed E-state index contributed by atoms with van der Waals surface area (Å²) >= 11 is 3.36. The number of nitrogens with zero attached hydrogens (tertiary/aromatic N) is 1. The first-order valence-electron chi connectivity index (χ1n) is 4.91. The molecule has 1 aliphatic rings. The lowest BCUT2D eigenvalue weighted by atomic mass is 10.2. The molecule has 0 N–H and O–H groups in total. The van der Waals surface area contributed by atoms with Crippen LogP contribution in [0.3, 0.4) is 0 Å². The number of para-hydroxylation sites is 2. The summed E-state index contributed by atoms with van der Waals surface area (Å²) in [6, 6.07) is 7.65. The summed E-state index contributed by atoms with van der Waals surface area (Å²) in [6.07, 6.45) is 0.446. The third kappa shape index (κ3) is 2.15. The summed E-state index contributed by atoms with van der Waals surface area (Å²) in [5.41, 5.74) is 0.874. The molecule has 4 heteroatoms. The Morgan fingerprint density at radius 2 is 2.20 bits per heavy atom. The lowest BCUT2D eigenvalue weighted by Crippen LogP contribution is -2.31. The monoisotopic (exact) mass is 269 g/mol. The van der Waals surface area contributed by atoms with Crippen LogP contribution in [0.2, 0.25) is 0 Å². The van der Waals surface area contributed by atoms with Gasteiger partial charge in [0.1, 0.15) is 5.75 Å². The second-order valence-corrected chi connectivity index (χ2v) is 4.09. The molecule has 0 atom stereocenters. The van der Waals surface area contributed by atoms with Crippen molar-refractivity contribution < 1.29 is 9.53 Å². The topological polar surface area (TPSA) is 29.5 Å². The molecule has 0 unspecified atom stereocenters. The van der Waals surface area contributed by atoms with E-state index in [4.69, 9.17) is 4.74 Å². The number of fused-ring (bicyclic) bond motifs is 1. The van der Waals surface area contributed by atoms with Gasteiger partial charge in [0, 0.05) is 11.9 Å². The van der Waals surface area contributed by atoms with Gasteiger partial charge in [0.05, 0.1) is 18.7 Å². The summed E-state index contributed by atoms with van der Waals surface area (Å²) < 4.78 is 5.52. The molecule has 0 bridgehead atoms. The van der Waals surface area contributed by atoms with E-state index in [9.17, 15) is 4.79 Å². The summed E-state index contributed by atoms with van der Waals surface area (Å²) in [6.45, 7) is 1.15. The number of halogens is 1. The molecule has 1 amide bonds. The minimum absolute atomic E-state index is 0.124. The Morgan fingerprint density at radius 3 is 3.00 bits per heavy atom. The van der Waals surface area contributed by atoms with Crippen molar-refractivity contribution in [2.45, 2.75) is 6.42 Å². The number of alkyl halides is 1. The molecule has 1 heterocycles. The Bertz CT molecular complexity index is 367. The third-order valence-electron chi connectivity index (χ3n) is 2.34. The minimum atomic E-state index is 0.124. The van der Waals surface area contributed by atoms with E-state index < -0.39 is 0 Å². The zero-order chi connectivity index (χ0) is 10.7. The van der Waals surface area contributed by atoms with E-state index in [2.05, 4.69) is 15.9 Å². The lowest BCUT2D eigenvalue weighted by molar-refractivity contribution is -0.118. The van der Waals surface area contributed by atoms with Crippen molar-refractivity contribution in [1.82, 2.24) is 0 Å². The van der Waals surface area contributed by atoms with Crippen LogP contribution in [-0.4, -0.2) is 24.4 Å². The first kappa shape index (κ1) is 10.5. The van der Waals surface area contributed by atoms with Gasteiger partial charge in [0.2, 0.25) is 5.91 Å². The smallest absolute Gasteiger partial charge is 0.230 e. The lowest BCUT2D eigenvalue weighted by Gasteiger charge is -2.20. The van der Waals surface area contributed by atoms with Gasteiger partial charge < -0.3 is 9.64 Å². The van der Waals surface area contributed by atoms with E-state index in [1.165, 1.54) is 0 Å². The maximum absolute atomic E-state index is 11.8. The highest BCUT2D eigenvalue weighted by Gasteiger charge is 2.21. The van der Waals surface area contributed by atoms with Crippen molar-refractivity contribution in [2.75, 3.05) is 23.4 Å². The number of ether oxygens (including phenoxy) is 1. The fourth-order valence-corrected chi connectivity index (χ4v) is 2.00. The van der Waals surface area contributed by atoms with Crippen molar-refractivity contribution in [3.8, 4) is 5.75 Å². The van der Waals surface area contributed by atoms with Crippen LogP contribution >= 0.6 is 15.9 Å². The summed E-state index contributed by atoms with van der Waals surface area (Å²) in [7, 11) is 0. The molecule has 0 aliphatic carbocycles. The molecule has 3 nitrogen and oxygen atoms in total. The van der Waals surface area contributed by atoms with Crippen LogP contribution in [0, 0.1) is 0 Å². The van der Waals surface area contributed by atoms with Crippen LogP contribution in [0.15, 0.2) is 24.3 Å². The van der Waals surface area contributed by atoms with Gasteiger partial charge in [0.15, 0.2) is 0 Å². The highest BCUT2D eigenvalue weighted by Crippen LogP contribution is 2.30. The molecule has 2 rings (SSSR count). The van der Waals surface area contributed by atoms with Crippen LogP contribution in [0.4, 0.5) is 5.69 Å². The predicted octanol–water partition coefficient (Wildman–Crippen LogP) is 2.20. The molecule has 80 valence electrons. The second-order valence-electron chi connectivity index (χ2n) is 3.30. The highest BCUT2D eigenvalue weighted by molar-refractivity contribution is 9.09. The van der Waals surface area contributed by atoms with Crippen LogP contribution < -0.4 is 9.64 Å². The fourth-order valence-electron chi connectivity index (χ4n) is 1.65. The molecule has 0 radical (unpaired) electrons. The van der Waals surface area contributed by atoms with Crippen LogP contribution in [0.5, 0.6) is 5.75 Å². The number of amides is 1. The van der Waals surface area contributed by atoms with E-state index >= 15 is 0 Å². The maximum atomic E-state index is 11.8. The first-order chi connectivity index (χ1) is 7.33. The highest BCUT2D eigenvalue weighted by atomic mass is 79.9. The van der Waals surface area contributed by atoms with E-state index in [0.717, 1.165) is 16.8 Å². The molecule has 0 fully saturated rings. The SMILES string of the molecule is O=C1CCOc2ccccc2N1CCBr. The normalized spacial score (nSPS) is 15.5. The number of anilines is 1. The van der Waals surface area contributed by atoms with Gasteiger partial charge >= 0.3 is 0 Å². The van der Waals surface area contributed by atoms with Gasteiger partial charge in [-0.3, -0.25) is 4.79 Å². The van der Waals surface area contributed by atoms with Gasteiger partial charge in [0.25, 0.3) is 0 Å². The molecular formula is C11H12BrNO2. The maximum Gasteiger partial charge on any atom is 0.230 e. The van der Waals surface area contributed by atoms with Gasteiger partial charge in [-0.05, 0) is 12.1 Å². The Kier molecular flexibility index (Phi) is 3.26. The molecule has 1 aliphatic heterocycles. The zero-order valence-electron chi connectivity index (χ0n) is 8.28. The van der Waals surface area contributed by atoms with Gasteiger partial charge in [-0.25, -0.2) is 0 Å². The number of carbonyl (C=O) groups is 1. The van der Waals surface area contributed by atoms with Gasteiger partial charge in [-0.1, -0.05) is 28.1 Å². The standard InChI is InChI=1S/C11H12BrNO2/c12-6-7-13-9-3-1-2-4-10(9)15-8-5-11(13)14/h1-4H,5-8H2. The molecule has 1 aromatic rings. The average molecular weight is 270 g/mol. The quantitative estimate of drug-likeness (QED) is 0.771. The number of hydrogen-bond acceptors (Lipinski definition) is 2. The molecule has 15 heavy (non-hydrogen) atoms. The third-order valence-corrected chi connectivity index (χ3v) is 2.69. The number of carbonyl (C=O) groups excluding carboxylic acids is 1. The molecular weight excluding hydrogens is 258 g/mol. The van der Waals surface area contributed by atoms with E-state index in [1.54, 1.807) is 4.90 Å². The van der Waals surface area contributed by atoms with E-state index in [1.807, 2.05) is 24.3 Å². The predicted molar refractivity (Wildman–Crippen MR) is 62.7 cm³/mol. The van der Waals surface area contributed by atoms with Crippen molar-refractivity contribution >= 4 is 27.5 Å². The Labute approximate surface area is 97.2 Å². The Morgan fingerprint density at radius 1 is 1.40 bits per heavy atom. The van der Waals surface area contributed by atoms with Gasteiger partial charge in [-0.2, -0.15) is 0 Å². The summed E-state index contributed by atoms with van der Waals surface area (Å²) in [5, 5.41) is 0.771. The largest absolute Gasteiger partial charge is 0.491 e. The molecule has 0 spiro atoms. The van der Waals surface area contributed by atoms with Crippen molar-refractivity contribution in [1.29, 1.82) is 0 Å². The fraction of sp³-hybridized carbons (Fsp3) is 0.364. The van der Waals surface area contributed by atoms with Crippen molar-refractivity contribution in [3.63, 3.8) is 0 Å². The Hall–Kier alpha value is -1.03. The first-order valence-corrected chi connectivity index (χ1v) is 6.03. The molecule has 0 aromatic heterocycles. The van der Waals surface area contributed by atoms with Gasteiger partial charge in [-0.15, -0.1) is 0 Å². The zero-order valence-corrected chi connectivity index (χ0v) is 9.87.